The molecule has 16 heavy (non-hydrogen) atoms. The lowest BCUT2D eigenvalue weighted by Crippen LogP contribution is -2.06. The minimum absolute atomic E-state index is 0.193. The van der Waals surface area contributed by atoms with Crippen molar-refractivity contribution in [1.82, 2.24) is 9.97 Å². The van der Waals surface area contributed by atoms with E-state index < -0.39 is 0 Å². The van der Waals surface area contributed by atoms with Crippen LogP contribution in [0.4, 0.5) is 4.39 Å². The fourth-order valence-corrected chi connectivity index (χ4v) is 1.62. The Kier molecular flexibility index (Phi) is 3.19. The van der Waals surface area contributed by atoms with Crippen molar-refractivity contribution in [3.8, 4) is 0 Å². The topological polar surface area (TPSA) is 37.9 Å². The highest BCUT2D eigenvalue weighted by atomic mass is 19.1. The molecule has 2 aromatic rings. The van der Waals surface area contributed by atoms with E-state index in [0.29, 0.717) is 5.52 Å². The number of para-hydroxylation sites is 1. The van der Waals surface area contributed by atoms with E-state index in [4.69, 9.17) is 4.74 Å². The van der Waals surface area contributed by atoms with Crippen molar-refractivity contribution in [3.63, 3.8) is 0 Å². The quantitative estimate of drug-likeness (QED) is 0.863. The molecular weight excluding hydrogens is 207 g/mol. The molecule has 0 aliphatic heterocycles. The van der Waals surface area contributed by atoms with Crippen molar-refractivity contribution >= 4 is 11.0 Å². The van der Waals surface area contributed by atoms with Crippen LogP contribution in [0.5, 0.6) is 0 Å². The highest BCUT2D eigenvalue weighted by Gasteiger charge is 2.08. The second-order valence-corrected chi connectivity index (χ2v) is 3.90. The van der Waals surface area contributed by atoms with Crippen LogP contribution in [0, 0.1) is 5.82 Å². The molecule has 1 N–H and O–H groups in total. The fraction of sp³-hybridized carbons (Fsp3) is 0.417. The molecule has 4 heteroatoms. The molecule has 86 valence electrons. The molecule has 0 fully saturated rings. The van der Waals surface area contributed by atoms with Crippen LogP contribution in [0.15, 0.2) is 18.2 Å². The lowest BCUT2D eigenvalue weighted by molar-refractivity contribution is 0.111. The van der Waals surface area contributed by atoms with E-state index in [2.05, 4.69) is 9.97 Å². The van der Waals surface area contributed by atoms with Crippen molar-refractivity contribution in [2.75, 3.05) is 7.11 Å². The van der Waals surface area contributed by atoms with Gasteiger partial charge in [-0.2, -0.15) is 0 Å². The molecule has 1 aromatic heterocycles. The van der Waals surface area contributed by atoms with Crippen molar-refractivity contribution in [2.24, 2.45) is 0 Å². The van der Waals surface area contributed by atoms with E-state index in [1.165, 1.54) is 6.07 Å². The predicted octanol–water partition coefficient (Wildman–Crippen LogP) is 2.67. The highest BCUT2D eigenvalue weighted by Crippen LogP contribution is 2.16. The summed E-state index contributed by atoms with van der Waals surface area (Å²) in [6.45, 7) is 2.00. The van der Waals surface area contributed by atoms with Gasteiger partial charge in [-0.1, -0.05) is 6.07 Å². The molecule has 0 aliphatic carbocycles. The molecule has 1 aromatic carbocycles. The van der Waals surface area contributed by atoms with Gasteiger partial charge in [0.1, 0.15) is 11.3 Å². The third-order valence-electron chi connectivity index (χ3n) is 2.70. The second-order valence-electron chi connectivity index (χ2n) is 3.90. The van der Waals surface area contributed by atoms with Crippen LogP contribution in [0.2, 0.25) is 0 Å². The van der Waals surface area contributed by atoms with Crippen LogP contribution in [0.1, 0.15) is 19.2 Å². The van der Waals surface area contributed by atoms with Crippen molar-refractivity contribution in [1.29, 1.82) is 0 Å². The van der Waals surface area contributed by atoms with Crippen LogP contribution in [-0.2, 0) is 11.2 Å². The molecule has 2 rings (SSSR count). The molecular formula is C12H15FN2O. The maximum Gasteiger partial charge on any atom is 0.151 e. The maximum absolute atomic E-state index is 13.4. The normalized spacial score (nSPS) is 13.2. The summed E-state index contributed by atoms with van der Waals surface area (Å²) in [4.78, 5) is 7.34. The number of ether oxygens (including phenoxy) is 1. The molecule has 1 atom stereocenters. The van der Waals surface area contributed by atoms with Gasteiger partial charge in [0, 0.05) is 13.5 Å². The van der Waals surface area contributed by atoms with Crippen molar-refractivity contribution in [3.05, 3.63) is 29.8 Å². The van der Waals surface area contributed by atoms with Gasteiger partial charge < -0.3 is 9.72 Å². The minimum atomic E-state index is -0.278. The molecule has 0 radical (unpaired) electrons. The lowest BCUT2D eigenvalue weighted by Gasteiger charge is -2.06. The zero-order chi connectivity index (χ0) is 11.5. The SMILES string of the molecule is COC(C)CCc1nc2c(F)cccc2[nH]1. The van der Waals surface area contributed by atoms with Gasteiger partial charge in [-0.25, -0.2) is 9.37 Å². The Morgan fingerprint density at radius 1 is 1.50 bits per heavy atom. The second kappa shape index (κ2) is 4.61. The average Bonchev–Trinajstić information content (AvgIpc) is 2.70. The number of hydrogen-bond donors (Lipinski definition) is 1. The molecule has 0 spiro atoms. The monoisotopic (exact) mass is 222 g/mol. The van der Waals surface area contributed by atoms with Gasteiger partial charge in [0.15, 0.2) is 5.82 Å². The smallest absolute Gasteiger partial charge is 0.151 e. The zero-order valence-corrected chi connectivity index (χ0v) is 9.46. The summed E-state index contributed by atoms with van der Waals surface area (Å²) in [6.07, 6.45) is 1.83. The zero-order valence-electron chi connectivity index (χ0n) is 9.46. The first-order valence-corrected chi connectivity index (χ1v) is 5.36. The number of fused-ring (bicyclic) bond motifs is 1. The van der Waals surface area contributed by atoms with Gasteiger partial charge in [-0.05, 0) is 25.5 Å². The Morgan fingerprint density at radius 2 is 2.31 bits per heavy atom. The van der Waals surface area contributed by atoms with E-state index in [-0.39, 0.29) is 11.9 Å². The number of aryl methyl sites for hydroxylation is 1. The number of aromatic nitrogens is 2. The van der Waals surface area contributed by atoms with E-state index >= 15 is 0 Å². The number of hydrogen-bond acceptors (Lipinski definition) is 2. The van der Waals surface area contributed by atoms with Gasteiger partial charge in [0.25, 0.3) is 0 Å². The number of imidazole rings is 1. The highest BCUT2D eigenvalue weighted by molar-refractivity contribution is 5.75. The van der Waals surface area contributed by atoms with E-state index in [1.54, 1.807) is 13.2 Å². The van der Waals surface area contributed by atoms with Crippen molar-refractivity contribution in [2.45, 2.75) is 25.9 Å². The average molecular weight is 222 g/mol. The fourth-order valence-electron chi connectivity index (χ4n) is 1.62. The Labute approximate surface area is 93.6 Å². The maximum atomic E-state index is 13.4. The number of nitrogens with zero attached hydrogens (tertiary/aromatic N) is 1. The third-order valence-corrected chi connectivity index (χ3v) is 2.70. The molecule has 0 aliphatic rings. The van der Waals surface area contributed by atoms with Gasteiger partial charge in [0.05, 0.1) is 11.6 Å². The summed E-state index contributed by atoms with van der Waals surface area (Å²) >= 11 is 0. The van der Waals surface area contributed by atoms with Crippen molar-refractivity contribution < 1.29 is 9.13 Å². The Balaban J connectivity index is 2.17. The van der Waals surface area contributed by atoms with E-state index in [1.807, 2.05) is 13.0 Å². The van der Waals surface area contributed by atoms with E-state index in [9.17, 15) is 4.39 Å². The summed E-state index contributed by atoms with van der Waals surface area (Å²) in [5.41, 5.74) is 1.17. The van der Waals surface area contributed by atoms with Crippen LogP contribution in [0.25, 0.3) is 11.0 Å². The number of halogens is 1. The predicted molar refractivity (Wildman–Crippen MR) is 60.8 cm³/mol. The number of benzene rings is 1. The van der Waals surface area contributed by atoms with E-state index in [0.717, 1.165) is 24.2 Å². The number of nitrogens with one attached hydrogen (secondary N) is 1. The lowest BCUT2D eigenvalue weighted by atomic mass is 10.2. The standard InChI is InChI=1S/C12H15FN2O/c1-8(16-2)6-7-11-14-10-5-3-4-9(13)12(10)15-11/h3-5,8H,6-7H2,1-2H3,(H,14,15). The number of rotatable bonds is 4. The first-order valence-electron chi connectivity index (χ1n) is 5.36. The number of methoxy groups -OCH3 is 1. The molecule has 3 nitrogen and oxygen atoms in total. The van der Waals surface area contributed by atoms with Crippen LogP contribution in [0.3, 0.4) is 0 Å². The molecule has 0 amide bonds. The van der Waals surface area contributed by atoms with Crippen LogP contribution >= 0.6 is 0 Å². The van der Waals surface area contributed by atoms with Crippen LogP contribution in [-0.4, -0.2) is 23.2 Å². The van der Waals surface area contributed by atoms with Gasteiger partial charge >= 0.3 is 0 Å². The molecule has 0 saturated carbocycles. The summed E-state index contributed by atoms with van der Waals surface area (Å²) in [5.74, 6) is 0.531. The van der Waals surface area contributed by atoms with Crippen LogP contribution < -0.4 is 0 Å². The van der Waals surface area contributed by atoms with Gasteiger partial charge in [-0.3, -0.25) is 0 Å². The molecule has 1 heterocycles. The summed E-state index contributed by atoms with van der Waals surface area (Å²) in [6, 6.07) is 4.93. The Hall–Kier alpha value is -1.42. The molecule has 0 saturated heterocycles. The summed E-state index contributed by atoms with van der Waals surface area (Å²) < 4.78 is 18.5. The molecule has 0 bridgehead atoms. The largest absolute Gasteiger partial charge is 0.382 e. The minimum Gasteiger partial charge on any atom is -0.382 e. The number of H-pyrrole nitrogens is 1. The molecule has 1 unspecified atom stereocenters. The summed E-state index contributed by atoms with van der Waals surface area (Å²) in [5, 5.41) is 0. The Bertz CT molecular complexity index is 481. The Morgan fingerprint density at radius 3 is 3.00 bits per heavy atom. The van der Waals surface area contributed by atoms with Gasteiger partial charge in [0.2, 0.25) is 0 Å². The number of aromatic amines is 1. The summed E-state index contributed by atoms with van der Waals surface area (Å²) in [7, 11) is 1.68. The third kappa shape index (κ3) is 2.22. The first-order chi connectivity index (χ1) is 7.70. The first kappa shape index (κ1) is 11.1. The van der Waals surface area contributed by atoms with Gasteiger partial charge in [-0.15, -0.1) is 0 Å².